The zero-order valence-electron chi connectivity index (χ0n) is 17.5. The van der Waals surface area contributed by atoms with E-state index in [4.69, 9.17) is 0 Å². The van der Waals surface area contributed by atoms with E-state index in [1.54, 1.807) is 12.1 Å². The molecule has 1 aliphatic heterocycles. The third kappa shape index (κ3) is 6.31. The molecule has 1 saturated heterocycles. The third-order valence-electron chi connectivity index (χ3n) is 5.46. The molecule has 0 unspecified atom stereocenters. The Morgan fingerprint density at radius 1 is 0.967 bits per heavy atom. The molecule has 1 fully saturated rings. The lowest BCUT2D eigenvalue weighted by atomic mass is 10.0. The van der Waals surface area contributed by atoms with Crippen molar-refractivity contribution in [2.45, 2.75) is 26.2 Å². The summed E-state index contributed by atoms with van der Waals surface area (Å²) >= 11 is 0. The summed E-state index contributed by atoms with van der Waals surface area (Å²) in [6.45, 7) is 4.90. The van der Waals surface area contributed by atoms with Gasteiger partial charge in [0, 0.05) is 45.6 Å². The highest BCUT2D eigenvalue weighted by atomic mass is 19.1. The van der Waals surface area contributed by atoms with E-state index in [-0.39, 0.29) is 23.5 Å². The van der Waals surface area contributed by atoms with Crippen molar-refractivity contribution in [2.24, 2.45) is 5.92 Å². The number of nitrogens with zero attached hydrogens (tertiary/aromatic N) is 2. The molecule has 0 saturated carbocycles. The summed E-state index contributed by atoms with van der Waals surface area (Å²) in [5.74, 6) is -0.202. The number of hydrogen-bond donors (Lipinski definition) is 1. The predicted octanol–water partition coefficient (Wildman–Crippen LogP) is 3.25. The van der Waals surface area contributed by atoms with Gasteiger partial charge in [0.05, 0.1) is 5.69 Å². The van der Waals surface area contributed by atoms with Crippen LogP contribution in [0.3, 0.4) is 0 Å². The van der Waals surface area contributed by atoms with Gasteiger partial charge in [0.2, 0.25) is 11.8 Å². The summed E-state index contributed by atoms with van der Waals surface area (Å²) in [6, 6.07) is 16.8. The molecule has 0 bridgehead atoms. The number of carbonyl (C=O) groups is 2. The first-order valence-electron chi connectivity index (χ1n) is 10.6. The number of hydrogen-bond acceptors (Lipinski definition) is 3. The lowest BCUT2D eigenvalue weighted by molar-refractivity contribution is -0.132. The summed E-state index contributed by atoms with van der Waals surface area (Å²) in [6.07, 6.45) is 1.49. The van der Waals surface area contributed by atoms with Crippen LogP contribution in [0.4, 0.5) is 10.1 Å². The number of carbonyl (C=O) groups excluding carboxylic acids is 2. The zero-order chi connectivity index (χ0) is 21.3. The first kappa shape index (κ1) is 21.8. The molecule has 5 nitrogen and oxygen atoms in total. The van der Waals surface area contributed by atoms with Crippen molar-refractivity contribution in [3.05, 3.63) is 66.0 Å². The number of para-hydroxylation sites is 1. The summed E-state index contributed by atoms with van der Waals surface area (Å²) in [5.41, 5.74) is 1.78. The van der Waals surface area contributed by atoms with Gasteiger partial charge in [0.25, 0.3) is 0 Å². The van der Waals surface area contributed by atoms with Gasteiger partial charge in [-0.2, -0.15) is 0 Å². The SMILES string of the molecule is C[C@@H](CC(=O)NCCc1ccccc1)CC(=O)N1CCN(c2ccccc2F)CC1. The second kappa shape index (κ2) is 10.8. The van der Waals surface area contributed by atoms with Crippen LogP contribution in [0, 0.1) is 11.7 Å². The molecule has 0 aromatic heterocycles. The van der Waals surface area contributed by atoms with Crippen molar-refractivity contribution < 1.29 is 14.0 Å². The zero-order valence-corrected chi connectivity index (χ0v) is 17.5. The molecule has 1 aliphatic rings. The van der Waals surface area contributed by atoms with Gasteiger partial charge in [-0.1, -0.05) is 49.4 Å². The van der Waals surface area contributed by atoms with Gasteiger partial charge in [-0.3, -0.25) is 9.59 Å². The Morgan fingerprint density at radius 3 is 2.33 bits per heavy atom. The number of piperazine rings is 1. The average molecular weight is 412 g/mol. The third-order valence-corrected chi connectivity index (χ3v) is 5.46. The molecular weight excluding hydrogens is 381 g/mol. The van der Waals surface area contributed by atoms with Crippen LogP contribution in [0.25, 0.3) is 0 Å². The van der Waals surface area contributed by atoms with Gasteiger partial charge in [-0.25, -0.2) is 4.39 Å². The quantitative estimate of drug-likeness (QED) is 0.726. The number of rotatable bonds is 8. The van der Waals surface area contributed by atoms with Crippen LogP contribution in [-0.4, -0.2) is 49.4 Å². The minimum absolute atomic E-state index is 0.0150. The Bertz CT molecular complexity index is 835. The van der Waals surface area contributed by atoms with Crippen molar-refractivity contribution in [3.8, 4) is 0 Å². The highest BCUT2D eigenvalue weighted by Gasteiger charge is 2.24. The fraction of sp³-hybridized carbons (Fsp3) is 0.417. The molecular formula is C24H30FN3O2. The van der Waals surface area contributed by atoms with E-state index in [1.807, 2.05) is 53.1 Å². The van der Waals surface area contributed by atoms with E-state index < -0.39 is 0 Å². The molecule has 30 heavy (non-hydrogen) atoms. The first-order valence-corrected chi connectivity index (χ1v) is 10.6. The fourth-order valence-electron chi connectivity index (χ4n) is 3.78. The van der Waals surface area contributed by atoms with Crippen LogP contribution in [0.1, 0.15) is 25.3 Å². The fourth-order valence-corrected chi connectivity index (χ4v) is 3.78. The summed E-state index contributed by atoms with van der Waals surface area (Å²) in [4.78, 5) is 28.6. The molecule has 2 aromatic rings. The van der Waals surface area contributed by atoms with E-state index in [9.17, 15) is 14.0 Å². The van der Waals surface area contributed by atoms with Crippen LogP contribution in [0.5, 0.6) is 0 Å². The van der Waals surface area contributed by atoms with Gasteiger partial charge in [0.15, 0.2) is 0 Å². The predicted molar refractivity (Wildman–Crippen MR) is 117 cm³/mol. The molecule has 0 spiro atoms. The minimum atomic E-state index is -0.232. The van der Waals surface area contributed by atoms with Gasteiger partial charge in [0.1, 0.15) is 5.82 Å². The molecule has 6 heteroatoms. The Morgan fingerprint density at radius 2 is 1.63 bits per heavy atom. The standard InChI is InChI=1S/C24H30FN3O2/c1-19(17-23(29)26-12-11-20-7-3-2-4-8-20)18-24(30)28-15-13-27(14-16-28)22-10-6-5-9-21(22)25/h2-10,19H,11-18H2,1H3,(H,26,29)/t19-/m0/s1. The second-order valence-electron chi connectivity index (χ2n) is 7.92. The smallest absolute Gasteiger partial charge is 0.222 e. The highest BCUT2D eigenvalue weighted by molar-refractivity contribution is 5.79. The van der Waals surface area contributed by atoms with Gasteiger partial charge >= 0.3 is 0 Å². The number of halogens is 1. The normalized spacial score (nSPS) is 15.0. The molecule has 1 N–H and O–H groups in total. The highest BCUT2D eigenvalue weighted by Crippen LogP contribution is 2.21. The van der Waals surface area contributed by atoms with Crippen LogP contribution >= 0.6 is 0 Å². The Kier molecular flexibility index (Phi) is 7.82. The van der Waals surface area contributed by atoms with E-state index in [0.29, 0.717) is 51.3 Å². The maximum absolute atomic E-state index is 13.9. The molecule has 1 atom stereocenters. The van der Waals surface area contributed by atoms with E-state index in [0.717, 1.165) is 6.42 Å². The molecule has 160 valence electrons. The summed E-state index contributed by atoms with van der Waals surface area (Å²) in [5, 5.41) is 2.94. The van der Waals surface area contributed by atoms with Crippen LogP contribution in [0.15, 0.2) is 54.6 Å². The van der Waals surface area contributed by atoms with E-state index in [1.165, 1.54) is 11.6 Å². The van der Waals surface area contributed by atoms with Crippen molar-refractivity contribution in [2.75, 3.05) is 37.6 Å². The summed E-state index contributed by atoms with van der Waals surface area (Å²) < 4.78 is 13.9. The van der Waals surface area contributed by atoms with Gasteiger partial charge in [-0.05, 0) is 30.0 Å². The molecule has 0 radical (unpaired) electrons. The number of benzene rings is 2. The summed E-state index contributed by atoms with van der Waals surface area (Å²) in [7, 11) is 0. The lowest BCUT2D eigenvalue weighted by Gasteiger charge is -2.36. The average Bonchev–Trinajstić information content (AvgIpc) is 2.75. The largest absolute Gasteiger partial charge is 0.366 e. The molecule has 2 aromatic carbocycles. The molecule has 1 heterocycles. The monoisotopic (exact) mass is 411 g/mol. The van der Waals surface area contributed by atoms with Gasteiger partial charge < -0.3 is 15.1 Å². The van der Waals surface area contributed by atoms with Crippen LogP contribution in [-0.2, 0) is 16.0 Å². The Hall–Kier alpha value is -2.89. The number of amides is 2. The molecule has 2 amide bonds. The van der Waals surface area contributed by atoms with Crippen molar-refractivity contribution in [3.63, 3.8) is 0 Å². The van der Waals surface area contributed by atoms with Crippen molar-refractivity contribution >= 4 is 17.5 Å². The topological polar surface area (TPSA) is 52.7 Å². The van der Waals surface area contributed by atoms with E-state index >= 15 is 0 Å². The number of nitrogens with one attached hydrogen (secondary N) is 1. The van der Waals surface area contributed by atoms with Crippen LogP contribution < -0.4 is 10.2 Å². The van der Waals surface area contributed by atoms with Gasteiger partial charge in [-0.15, -0.1) is 0 Å². The van der Waals surface area contributed by atoms with E-state index in [2.05, 4.69) is 5.32 Å². The maximum Gasteiger partial charge on any atom is 0.222 e. The maximum atomic E-state index is 13.9. The van der Waals surface area contributed by atoms with Crippen LogP contribution in [0.2, 0.25) is 0 Å². The molecule has 3 rings (SSSR count). The van der Waals surface area contributed by atoms with Crippen molar-refractivity contribution in [1.82, 2.24) is 10.2 Å². The molecule has 0 aliphatic carbocycles. The first-order chi connectivity index (χ1) is 14.5. The Balaban J connectivity index is 1.36. The number of anilines is 1. The lowest BCUT2D eigenvalue weighted by Crippen LogP contribution is -2.49. The second-order valence-corrected chi connectivity index (χ2v) is 7.92. The Labute approximate surface area is 177 Å². The minimum Gasteiger partial charge on any atom is -0.366 e. The van der Waals surface area contributed by atoms with Crippen molar-refractivity contribution in [1.29, 1.82) is 0 Å².